The second-order valence-corrected chi connectivity index (χ2v) is 9.97. The van der Waals surface area contributed by atoms with Crippen molar-refractivity contribution in [2.24, 2.45) is 5.14 Å². The largest absolute Gasteiger partial charge is 0.461 e. The number of fused-ring (bicyclic) bond motifs is 1. The molecular formula is C27H23N3O6S. The fourth-order valence-electron chi connectivity index (χ4n) is 4.28. The van der Waals surface area contributed by atoms with Crippen molar-refractivity contribution in [3.05, 3.63) is 84.1 Å². The number of esters is 2. The molecule has 2 heterocycles. The Morgan fingerprint density at radius 1 is 1.03 bits per heavy atom. The van der Waals surface area contributed by atoms with Crippen molar-refractivity contribution in [1.29, 1.82) is 0 Å². The summed E-state index contributed by atoms with van der Waals surface area (Å²) < 4.78 is 35.9. The molecule has 0 saturated carbocycles. The summed E-state index contributed by atoms with van der Waals surface area (Å²) in [5.74, 6) is -0.499. The number of benzene rings is 3. The van der Waals surface area contributed by atoms with Crippen LogP contribution in [0.25, 0.3) is 28.1 Å². The van der Waals surface area contributed by atoms with Crippen LogP contribution in [0.2, 0.25) is 0 Å². The molecule has 9 nitrogen and oxygen atoms in total. The van der Waals surface area contributed by atoms with Gasteiger partial charge in [-0.1, -0.05) is 42.5 Å². The van der Waals surface area contributed by atoms with Crippen molar-refractivity contribution < 1.29 is 27.5 Å². The van der Waals surface area contributed by atoms with Crippen molar-refractivity contribution in [2.75, 3.05) is 6.61 Å². The molecule has 0 amide bonds. The Morgan fingerprint density at radius 3 is 2.43 bits per heavy atom. The third-order valence-electron chi connectivity index (χ3n) is 5.99. The van der Waals surface area contributed by atoms with Gasteiger partial charge in [-0.15, -0.1) is 0 Å². The van der Waals surface area contributed by atoms with Crippen molar-refractivity contribution in [2.45, 2.75) is 24.7 Å². The van der Waals surface area contributed by atoms with E-state index in [2.05, 4.69) is 5.10 Å². The third kappa shape index (κ3) is 4.76. The quantitative estimate of drug-likeness (QED) is 0.303. The molecule has 0 spiro atoms. The van der Waals surface area contributed by atoms with Crippen LogP contribution in [-0.4, -0.2) is 36.7 Å². The summed E-state index contributed by atoms with van der Waals surface area (Å²) >= 11 is 0. The van der Waals surface area contributed by atoms with E-state index < -0.39 is 16.0 Å². The van der Waals surface area contributed by atoms with Crippen LogP contribution in [0.5, 0.6) is 5.75 Å². The van der Waals surface area contributed by atoms with E-state index in [0.29, 0.717) is 41.1 Å². The molecule has 0 aliphatic carbocycles. The number of nitrogens with two attached hydrogens (primary N) is 1. The minimum atomic E-state index is -3.89. The number of hydrogen-bond acceptors (Lipinski definition) is 7. The Kier molecular flexibility index (Phi) is 6.36. The van der Waals surface area contributed by atoms with Crippen molar-refractivity contribution in [3.63, 3.8) is 0 Å². The summed E-state index contributed by atoms with van der Waals surface area (Å²) in [5.41, 5.74) is 3.91. The summed E-state index contributed by atoms with van der Waals surface area (Å²) in [6.07, 6.45) is 0.877. The SMILES string of the molecule is CCOC(=O)c1nn(-c2ccc(S(N)(=O)=O)cc2)c(-c2ccccc2)c1-c1ccc2c(c1)OC(=O)CC2. The predicted molar refractivity (Wildman–Crippen MR) is 136 cm³/mol. The van der Waals surface area contributed by atoms with Gasteiger partial charge in [0.2, 0.25) is 10.0 Å². The molecule has 0 saturated heterocycles. The molecule has 2 N–H and O–H groups in total. The zero-order valence-corrected chi connectivity index (χ0v) is 20.7. The molecule has 0 bridgehead atoms. The number of aryl methyl sites for hydroxylation is 1. The Bertz CT molecular complexity index is 1610. The Hall–Kier alpha value is -4.28. The molecule has 5 rings (SSSR count). The van der Waals surface area contributed by atoms with Gasteiger partial charge in [0.15, 0.2) is 5.69 Å². The fraction of sp³-hybridized carbons (Fsp3) is 0.148. The summed E-state index contributed by atoms with van der Waals surface area (Å²) in [6, 6.07) is 20.7. The number of primary sulfonamides is 1. The molecule has 37 heavy (non-hydrogen) atoms. The summed E-state index contributed by atoms with van der Waals surface area (Å²) in [5, 5.41) is 9.89. The first kappa shape index (κ1) is 24.4. The van der Waals surface area contributed by atoms with Crippen molar-refractivity contribution in [1.82, 2.24) is 9.78 Å². The topological polar surface area (TPSA) is 131 Å². The lowest BCUT2D eigenvalue weighted by Gasteiger charge is -2.17. The van der Waals surface area contributed by atoms with Gasteiger partial charge in [0.05, 0.1) is 29.3 Å². The molecule has 1 aliphatic heterocycles. The van der Waals surface area contributed by atoms with Crippen LogP contribution < -0.4 is 9.88 Å². The number of rotatable bonds is 6. The second-order valence-electron chi connectivity index (χ2n) is 8.41. The lowest BCUT2D eigenvalue weighted by Crippen LogP contribution is -2.15. The molecule has 0 radical (unpaired) electrons. The van der Waals surface area contributed by atoms with E-state index >= 15 is 0 Å². The maximum Gasteiger partial charge on any atom is 0.359 e. The van der Waals surface area contributed by atoms with E-state index in [1.165, 1.54) is 12.1 Å². The maximum absolute atomic E-state index is 13.1. The van der Waals surface area contributed by atoms with Gasteiger partial charge in [-0.05, 0) is 54.8 Å². The van der Waals surface area contributed by atoms with Crippen LogP contribution in [0.4, 0.5) is 0 Å². The van der Waals surface area contributed by atoms with Gasteiger partial charge in [0, 0.05) is 11.1 Å². The van der Waals surface area contributed by atoms with Gasteiger partial charge in [-0.25, -0.2) is 23.0 Å². The molecular weight excluding hydrogens is 494 g/mol. The van der Waals surface area contributed by atoms with Crippen molar-refractivity contribution >= 4 is 22.0 Å². The lowest BCUT2D eigenvalue weighted by atomic mass is 9.95. The highest BCUT2D eigenvalue weighted by Crippen LogP contribution is 2.40. The summed E-state index contributed by atoms with van der Waals surface area (Å²) in [7, 11) is -3.89. The van der Waals surface area contributed by atoms with Crippen LogP contribution in [0, 0.1) is 0 Å². The molecule has 0 fully saturated rings. The number of nitrogens with zero attached hydrogens (tertiary/aromatic N) is 2. The number of carbonyl (C=O) groups is 2. The van der Waals surface area contributed by atoms with E-state index in [0.717, 1.165) is 11.1 Å². The highest BCUT2D eigenvalue weighted by atomic mass is 32.2. The Labute approximate surface area is 213 Å². The molecule has 1 aromatic heterocycles. The maximum atomic E-state index is 13.1. The van der Waals surface area contributed by atoms with Crippen LogP contribution in [0.15, 0.2) is 77.7 Å². The normalized spacial score (nSPS) is 13.1. The van der Waals surface area contributed by atoms with Gasteiger partial charge in [0.25, 0.3) is 0 Å². The van der Waals surface area contributed by atoms with Gasteiger partial charge in [-0.2, -0.15) is 5.10 Å². The van der Waals surface area contributed by atoms with E-state index in [1.807, 2.05) is 42.5 Å². The molecule has 0 atom stereocenters. The highest BCUT2D eigenvalue weighted by Gasteiger charge is 2.28. The Balaban J connectivity index is 1.79. The van der Waals surface area contributed by atoms with Gasteiger partial charge in [-0.3, -0.25) is 4.79 Å². The zero-order valence-electron chi connectivity index (χ0n) is 19.9. The molecule has 4 aromatic rings. The molecule has 3 aromatic carbocycles. The first-order valence-electron chi connectivity index (χ1n) is 11.6. The second kappa shape index (κ2) is 9.64. The predicted octanol–water partition coefficient (Wildman–Crippen LogP) is 3.88. The van der Waals surface area contributed by atoms with E-state index in [4.69, 9.17) is 14.6 Å². The third-order valence-corrected chi connectivity index (χ3v) is 6.92. The van der Waals surface area contributed by atoms with E-state index in [1.54, 1.807) is 29.8 Å². The first-order chi connectivity index (χ1) is 17.8. The average molecular weight is 518 g/mol. The monoisotopic (exact) mass is 517 g/mol. The zero-order chi connectivity index (χ0) is 26.2. The van der Waals surface area contributed by atoms with Gasteiger partial charge in [0.1, 0.15) is 5.75 Å². The van der Waals surface area contributed by atoms with Crippen LogP contribution in [0.1, 0.15) is 29.4 Å². The average Bonchev–Trinajstić information content (AvgIpc) is 3.29. The Morgan fingerprint density at radius 2 is 1.76 bits per heavy atom. The number of aromatic nitrogens is 2. The molecule has 0 unspecified atom stereocenters. The van der Waals surface area contributed by atoms with Crippen LogP contribution in [0.3, 0.4) is 0 Å². The smallest absolute Gasteiger partial charge is 0.359 e. The fourth-order valence-corrected chi connectivity index (χ4v) is 4.80. The minimum absolute atomic E-state index is 0.0491. The van der Waals surface area contributed by atoms with Crippen LogP contribution >= 0.6 is 0 Å². The van der Waals surface area contributed by atoms with Gasteiger partial charge >= 0.3 is 11.9 Å². The molecule has 10 heteroatoms. The van der Waals surface area contributed by atoms with E-state index in [9.17, 15) is 18.0 Å². The number of hydrogen-bond donors (Lipinski definition) is 1. The first-order valence-corrected chi connectivity index (χ1v) is 13.1. The minimum Gasteiger partial charge on any atom is -0.461 e. The number of ether oxygens (including phenoxy) is 2. The molecule has 188 valence electrons. The van der Waals surface area contributed by atoms with E-state index in [-0.39, 0.29) is 23.2 Å². The highest BCUT2D eigenvalue weighted by molar-refractivity contribution is 7.89. The van der Waals surface area contributed by atoms with Crippen molar-refractivity contribution in [3.8, 4) is 33.8 Å². The standard InChI is InChI=1S/C27H23N3O6S/c1-2-35-27(32)25-24(19-9-8-17-10-15-23(31)36-22(17)16-19)26(18-6-4-3-5-7-18)30(29-25)20-11-13-21(14-12-20)37(28,33)34/h3-9,11-14,16H,2,10,15H2,1H3,(H2,28,33,34). The number of sulfonamides is 1. The summed E-state index contributed by atoms with van der Waals surface area (Å²) in [6.45, 7) is 1.85. The summed E-state index contributed by atoms with van der Waals surface area (Å²) in [4.78, 5) is 25.0. The lowest BCUT2D eigenvalue weighted by molar-refractivity contribution is -0.135. The van der Waals surface area contributed by atoms with Gasteiger partial charge < -0.3 is 9.47 Å². The van der Waals surface area contributed by atoms with Crippen LogP contribution in [-0.2, 0) is 26.0 Å². The molecule has 1 aliphatic rings. The number of carbonyl (C=O) groups excluding carboxylic acids is 2.